The Labute approximate surface area is 148 Å². The molecule has 0 N–H and O–H groups in total. The van der Waals surface area contributed by atoms with Crippen molar-refractivity contribution in [1.29, 1.82) is 0 Å². The maximum atomic E-state index is 13.1. The Bertz CT molecular complexity index is 712. The molecule has 0 unspecified atom stereocenters. The topological polar surface area (TPSA) is 67.2 Å². The second-order valence-electron chi connectivity index (χ2n) is 6.77. The molecule has 3 heterocycles. The molecule has 1 amide bonds. The molecule has 1 aliphatic rings. The molecule has 0 aliphatic carbocycles. The van der Waals surface area contributed by atoms with Crippen molar-refractivity contribution in [2.75, 3.05) is 25.5 Å². The van der Waals surface area contributed by atoms with E-state index in [4.69, 9.17) is 0 Å². The summed E-state index contributed by atoms with van der Waals surface area (Å²) in [4.78, 5) is 25.7. The number of carbonyl (C=O) groups is 1. The number of hydrogen-bond acceptors (Lipinski definition) is 5. The smallest absolute Gasteiger partial charge is 0.257 e. The molecular formula is C18H26N6O. The van der Waals surface area contributed by atoms with Gasteiger partial charge in [0.2, 0.25) is 5.95 Å². The highest BCUT2D eigenvalue weighted by Gasteiger charge is 2.28. The average Bonchev–Trinajstić information content (AvgIpc) is 3.13. The largest absolute Gasteiger partial charge is 0.347 e. The van der Waals surface area contributed by atoms with E-state index in [0.29, 0.717) is 11.5 Å². The number of likely N-dealkylation sites (tertiary alicyclic amines) is 1. The molecule has 7 nitrogen and oxygen atoms in total. The van der Waals surface area contributed by atoms with Crippen LogP contribution >= 0.6 is 0 Å². The molecule has 1 aliphatic heterocycles. The maximum Gasteiger partial charge on any atom is 0.257 e. The first-order chi connectivity index (χ1) is 12.1. The monoisotopic (exact) mass is 342 g/mol. The van der Waals surface area contributed by atoms with Gasteiger partial charge in [0.05, 0.1) is 11.3 Å². The van der Waals surface area contributed by atoms with Gasteiger partial charge >= 0.3 is 0 Å². The number of nitrogens with zero attached hydrogens (tertiary/aromatic N) is 6. The Kier molecular flexibility index (Phi) is 5.31. The fourth-order valence-corrected chi connectivity index (χ4v) is 3.32. The lowest BCUT2D eigenvalue weighted by atomic mass is 9.98. The first-order valence-electron chi connectivity index (χ1n) is 8.85. The van der Waals surface area contributed by atoms with E-state index in [1.807, 2.05) is 47.8 Å². The quantitative estimate of drug-likeness (QED) is 0.833. The van der Waals surface area contributed by atoms with Gasteiger partial charge in [0.15, 0.2) is 0 Å². The lowest BCUT2D eigenvalue weighted by Crippen LogP contribution is -2.44. The van der Waals surface area contributed by atoms with E-state index < -0.39 is 0 Å². The van der Waals surface area contributed by atoms with Crippen molar-refractivity contribution in [1.82, 2.24) is 24.6 Å². The second-order valence-corrected chi connectivity index (χ2v) is 6.77. The van der Waals surface area contributed by atoms with Crippen molar-refractivity contribution in [2.45, 2.75) is 45.2 Å². The van der Waals surface area contributed by atoms with Crippen LogP contribution in [0.15, 0.2) is 24.7 Å². The van der Waals surface area contributed by atoms with Crippen molar-refractivity contribution in [3.63, 3.8) is 0 Å². The van der Waals surface area contributed by atoms with Gasteiger partial charge in [0.25, 0.3) is 5.91 Å². The molecule has 25 heavy (non-hydrogen) atoms. The van der Waals surface area contributed by atoms with Gasteiger partial charge in [-0.05, 0) is 38.7 Å². The number of amides is 1. The van der Waals surface area contributed by atoms with Crippen molar-refractivity contribution in [2.24, 2.45) is 0 Å². The molecule has 134 valence electrons. The lowest BCUT2D eigenvalue weighted by molar-refractivity contribution is 0.0592. The van der Waals surface area contributed by atoms with Crippen molar-refractivity contribution in [3.8, 4) is 0 Å². The first kappa shape index (κ1) is 17.4. The summed E-state index contributed by atoms with van der Waals surface area (Å²) in [5, 5.41) is 4.26. The van der Waals surface area contributed by atoms with Crippen LogP contribution in [0.2, 0.25) is 0 Å². The van der Waals surface area contributed by atoms with E-state index in [1.165, 1.54) is 6.42 Å². The normalized spacial score (nSPS) is 17.6. The molecule has 1 atom stereocenters. The van der Waals surface area contributed by atoms with Crippen LogP contribution in [0.1, 0.15) is 41.7 Å². The molecule has 0 aromatic carbocycles. The Morgan fingerprint density at radius 2 is 2.20 bits per heavy atom. The molecular weight excluding hydrogens is 316 g/mol. The van der Waals surface area contributed by atoms with E-state index in [0.717, 1.165) is 38.0 Å². The predicted octanol–water partition coefficient (Wildman–Crippen LogP) is 2.13. The van der Waals surface area contributed by atoms with Crippen LogP contribution in [0, 0.1) is 6.92 Å². The summed E-state index contributed by atoms with van der Waals surface area (Å²) in [7, 11) is 3.79. The second kappa shape index (κ2) is 7.63. The SMILES string of the molecule is Cc1nc(N(C)C)ncc1C(=O)N1CCCC[C@@H]1CCn1cccn1. The van der Waals surface area contributed by atoms with E-state index >= 15 is 0 Å². The summed E-state index contributed by atoms with van der Waals surface area (Å²) >= 11 is 0. The summed E-state index contributed by atoms with van der Waals surface area (Å²) in [5.74, 6) is 0.677. The highest BCUT2D eigenvalue weighted by atomic mass is 16.2. The zero-order valence-electron chi connectivity index (χ0n) is 15.2. The molecule has 0 spiro atoms. The fourth-order valence-electron chi connectivity index (χ4n) is 3.32. The molecule has 0 radical (unpaired) electrons. The number of anilines is 1. The number of rotatable bonds is 5. The van der Waals surface area contributed by atoms with Gasteiger partial charge in [-0.25, -0.2) is 9.97 Å². The van der Waals surface area contributed by atoms with Gasteiger partial charge in [-0.15, -0.1) is 0 Å². The van der Waals surface area contributed by atoms with E-state index in [9.17, 15) is 4.79 Å². The Morgan fingerprint density at radius 3 is 2.88 bits per heavy atom. The van der Waals surface area contributed by atoms with Crippen LogP contribution < -0.4 is 4.90 Å². The minimum absolute atomic E-state index is 0.0490. The van der Waals surface area contributed by atoms with Crippen LogP contribution in [0.25, 0.3) is 0 Å². The van der Waals surface area contributed by atoms with E-state index in [1.54, 1.807) is 12.4 Å². The molecule has 2 aromatic heterocycles. The van der Waals surface area contributed by atoms with Gasteiger partial charge in [0.1, 0.15) is 0 Å². The van der Waals surface area contributed by atoms with Crippen LogP contribution in [-0.4, -0.2) is 57.2 Å². The molecule has 0 bridgehead atoms. The lowest BCUT2D eigenvalue weighted by Gasteiger charge is -2.36. The summed E-state index contributed by atoms with van der Waals surface area (Å²) in [6.45, 7) is 3.51. The van der Waals surface area contributed by atoms with Crippen molar-refractivity contribution >= 4 is 11.9 Å². The maximum absolute atomic E-state index is 13.1. The number of carbonyl (C=O) groups excluding carboxylic acids is 1. The van der Waals surface area contributed by atoms with Crippen LogP contribution in [-0.2, 0) is 6.54 Å². The third-order valence-electron chi connectivity index (χ3n) is 4.74. The van der Waals surface area contributed by atoms with E-state index in [-0.39, 0.29) is 11.9 Å². The van der Waals surface area contributed by atoms with Gasteiger partial charge < -0.3 is 9.80 Å². The van der Waals surface area contributed by atoms with Crippen LogP contribution in [0.3, 0.4) is 0 Å². The van der Waals surface area contributed by atoms with Gasteiger partial charge in [-0.3, -0.25) is 9.48 Å². The summed E-state index contributed by atoms with van der Waals surface area (Å²) in [5.41, 5.74) is 1.34. The Morgan fingerprint density at radius 1 is 1.36 bits per heavy atom. The van der Waals surface area contributed by atoms with Crippen molar-refractivity contribution < 1.29 is 4.79 Å². The van der Waals surface area contributed by atoms with Gasteiger partial charge in [0, 0.05) is 51.8 Å². The molecule has 0 saturated carbocycles. The average molecular weight is 342 g/mol. The Hall–Kier alpha value is -2.44. The Balaban J connectivity index is 1.74. The zero-order chi connectivity index (χ0) is 17.8. The fraction of sp³-hybridized carbons (Fsp3) is 0.556. The van der Waals surface area contributed by atoms with Crippen molar-refractivity contribution in [3.05, 3.63) is 35.9 Å². The standard InChI is InChI=1S/C18H26N6O/c1-14-16(13-19-18(21-14)22(2)3)17(25)24-11-5-4-7-15(24)8-12-23-10-6-9-20-23/h6,9-10,13,15H,4-5,7-8,11-12H2,1-3H3/t15-/m1/s1. The highest BCUT2D eigenvalue weighted by molar-refractivity contribution is 5.95. The molecule has 3 rings (SSSR count). The summed E-state index contributed by atoms with van der Waals surface area (Å²) < 4.78 is 1.93. The molecule has 2 aromatic rings. The zero-order valence-corrected chi connectivity index (χ0v) is 15.2. The minimum atomic E-state index is 0.0490. The van der Waals surface area contributed by atoms with Crippen LogP contribution in [0.5, 0.6) is 0 Å². The summed E-state index contributed by atoms with van der Waals surface area (Å²) in [6.07, 6.45) is 9.61. The number of hydrogen-bond donors (Lipinski definition) is 0. The molecule has 1 fully saturated rings. The number of piperidine rings is 1. The van der Waals surface area contributed by atoms with Crippen LogP contribution in [0.4, 0.5) is 5.95 Å². The third-order valence-corrected chi connectivity index (χ3v) is 4.74. The minimum Gasteiger partial charge on any atom is -0.347 e. The summed E-state index contributed by atoms with van der Waals surface area (Å²) in [6, 6.07) is 2.18. The number of aromatic nitrogens is 4. The van der Waals surface area contributed by atoms with Gasteiger partial charge in [-0.1, -0.05) is 0 Å². The molecule has 1 saturated heterocycles. The van der Waals surface area contributed by atoms with Gasteiger partial charge in [-0.2, -0.15) is 5.10 Å². The highest BCUT2D eigenvalue weighted by Crippen LogP contribution is 2.23. The number of aryl methyl sites for hydroxylation is 2. The van der Waals surface area contributed by atoms with E-state index in [2.05, 4.69) is 15.1 Å². The predicted molar refractivity (Wildman–Crippen MR) is 96.6 cm³/mol. The molecule has 7 heteroatoms. The first-order valence-corrected chi connectivity index (χ1v) is 8.85. The third kappa shape index (κ3) is 3.97.